The fourth-order valence-corrected chi connectivity index (χ4v) is 6.27. The Bertz CT molecular complexity index is 2580. The number of para-hydroxylation sites is 1. The lowest BCUT2D eigenvalue weighted by atomic mass is 9.95. The summed E-state index contributed by atoms with van der Waals surface area (Å²) in [6, 6.07) is 49.7. The maximum Gasteiger partial charge on any atom is 0.0978 e. The van der Waals surface area contributed by atoms with Crippen LogP contribution in [-0.4, -0.2) is 24.9 Å². The quantitative estimate of drug-likeness (QED) is 0.151. The Morgan fingerprint density at radius 3 is 1.96 bits per heavy atom. The maximum absolute atomic E-state index is 5.20. The van der Waals surface area contributed by atoms with Gasteiger partial charge in [-0.1, -0.05) is 97.1 Å². The van der Waals surface area contributed by atoms with Crippen LogP contribution < -0.4 is 0 Å². The first-order chi connectivity index (χ1) is 22.8. The van der Waals surface area contributed by atoms with E-state index < -0.39 is 0 Å². The first kappa shape index (κ1) is 26.1. The van der Waals surface area contributed by atoms with Crippen molar-refractivity contribution in [1.82, 2.24) is 24.9 Å². The first-order valence-electron chi connectivity index (χ1n) is 15.3. The van der Waals surface area contributed by atoms with Crippen molar-refractivity contribution in [3.05, 3.63) is 152 Å². The van der Waals surface area contributed by atoms with Crippen molar-refractivity contribution in [2.75, 3.05) is 0 Å². The molecule has 9 rings (SSSR count). The molecule has 0 aliphatic rings. The summed E-state index contributed by atoms with van der Waals surface area (Å²) < 4.78 is 0. The number of hydrogen-bond donors (Lipinski definition) is 0. The van der Waals surface area contributed by atoms with Crippen LogP contribution in [0.2, 0.25) is 0 Å². The molecular weight excluding hydrogens is 562 g/mol. The summed E-state index contributed by atoms with van der Waals surface area (Å²) in [5.74, 6) is 0. The molecule has 0 aliphatic heterocycles. The molecule has 0 N–H and O–H groups in total. The number of fused-ring (bicyclic) bond motifs is 5. The fraction of sp³-hybridized carbons (Fsp3) is 0. The summed E-state index contributed by atoms with van der Waals surface area (Å²) in [5.41, 5.74) is 11.1. The highest BCUT2D eigenvalue weighted by Gasteiger charge is 2.15. The van der Waals surface area contributed by atoms with E-state index in [0.717, 1.165) is 83.2 Å². The van der Waals surface area contributed by atoms with Gasteiger partial charge < -0.3 is 0 Å². The molecule has 0 aliphatic carbocycles. The topological polar surface area (TPSA) is 64.5 Å². The largest absolute Gasteiger partial charge is 0.255 e. The van der Waals surface area contributed by atoms with Crippen LogP contribution in [-0.2, 0) is 0 Å². The molecule has 9 aromatic rings. The summed E-state index contributed by atoms with van der Waals surface area (Å²) in [6.07, 6.45) is 1.79. The van der Waals surface area contributed by atoms with E-state index in [1.807, 2.05) is 60.7 Å². The van der Waals surface area contributed by atoms with E-state index in [0.29, 0.717) is 0 Å². The number of rotatable bonds is 4. The molecule has 0 fully saturated rings. The van der Waals surface area contributed by atoms with E-state index in [1.54, 1.807) is 6.20 Å². The molecule has 5 heteroatoms. The van der Waals surface area contributed by atoms with E-state index in [-0.39, 0.29) is 0 Å². The van der Waals surface area contributed by atoms with Gasteiger partial charge in [0.25, 0.3) is 0 Å². The second-order valence-corrected chi connectivity index (χ2v) is 11.3. The summed E-state index contributed by atoms with van der Waals surface area (Å²) in [4.78, 5) is 24.8. The van der Waals surface area contributed by atoms with Gasteiger partial charge in [0.2, 0.25) is 0 Å². The van der Waals surface area contributed by atoms with Crippen molar-refractivity contribution in [3.63, 3.8) is 0 Å². The molecule has 5 heterocycles. The molecule has 0 radical (unpaired) electrons. The van der Waals surface area contributed by atoms with Gasteiger partial charge in [-0.25, -0.2) is 19.9 Å². The second kappa shape index (κ2) is 10.7. The van der Waals surface area contributed by atoms with E-state index in [9.17, 15) is 0 Å². The Kier molecular flexibility index (Phi) is 6.06. The van der Waals surface area contributed by atoms with Crippen molar-refractivity contribution in [2.45, 2.75) is 0 Å². The highest BCUT2D eigenvalue weighted by atomic mass is 14.8. The van der Waals surface area contributed by atoms with Crippen LogP contribution in [0.15, 0.2) is 152 Å². The van der Waals surface area contributed by atoms with Crippen molar-refractivity contribution in [2.24, 2.45) is 0 Å². The molecule has 0 saturated carbocycles. The summed E-state index contributed by atoms with van der Waals surface area (Å²) in [7, 11) is 0. The van der Waals surface area contributed by atoms with E-state index >= 15 is 0 Å². The zero-order chi connectivity index (χ0) is 30.5. The van der Waals surface area contributed by atoms with Crippen LogP contribution >= 0.6 is 0 Å². The molecule has 0 spiro atoms. The first-order valence-corrected chi connectivity index (χ1v) is 15.3. The molecule has 0 atom stereocenters. The van der Waals surface area contributed by atoms with Crippen LogP contribution in [0.4, 0.5) is 0 Å². The fourth-order valence-electron chi connectivity index (χ4n) is 6.27. The Balaban J connectivity index is 1.17. The van der Waals surface area contributed by atoms with Crippen molar-refractivity contribution < 1.29 is 0 Å². The SMILES string of the molecule is c1ccc(-c2c3ccccc3nc3c2ccc2ccc(-c4cccc(-c5ccc6ccc(-c7ccccn7)nc6c5)n4)nc23)cc1. The molecule has 4 aromatic carbocycles. The van der Waals surface area contributed by atoms with E-state index in [1.165, 1.54) is 5.56 Å². The predicted molar refractivity (Wildman–Crippen MR) is 187 cm³/mol. The van der Waals surface area contributed by atoms with Gasteiger partial charge in [-0.3, -0.25) is 4.98 Å². The van der Waals surface area contributed by atoms with Gasteiger partial charge in [-0.05, 0) is 54.1 Å². The molecule has 5 nitrogen and oxygen atoms in total. The highest BCUT2D eigenvalue weighted by Crippen LogP contribution is 2.37. The minimum atomic E-state index is 0.800. The van der Waals surface area contributed by atoms with Gasteiger partial charge in [-0.2, -0.15) is 0 Å². The van der Waals surface area contributed by atoms with Gasteiger partial charge >= 0.3 is 0 Å². The zero-order valence-corrected chi connectivity index (χ0v) is 24.7. The van der Waals surface area contributed by atoms with Gasteiger partial charge in [0.1, 0.15) is 0 Å². The zero-order valence-electron chi connectivity index (χ0n) is 24.7. The summed E-state index contributed by atoms with van der Waals surface area (Å²) in [6.45, 7) is 0. The molecule has 0 bridgehead atoms. The average molecular weight is 588 g/mol. The molecular formula is C41H25N5. The lowest BCUT2D eigenvalue weighted by Crippen LogP contribution is -1.94. The minimum absolute atomic E-state index is 0.800. The monoisotopic (exact) mass is 587 g/mol. The lowest BCUT2D eigenvalue weighted by molar-refractivity contribution is 1.27. The molecule has 214 valence electrons. The number of hydrogen-bond acceptors (Lipinski definition) is 5. The van der Waals surface area contributed by atoms with Gasteiger partial charge in [0.05, 0.1) is 50.5 Å². The van der Waals surface area contributed by atoms with Gasteiger partial charge in [-0.15, -0.1) is 0 Å². The maximum atomic E-state index is 5.20. The highest BCUT2D eigenvalue weighted by molar-refractivity contribution is 6.16. The number of benzene rings is 4. The number of aromatic nitrogens is 5. The third-order valence-corrected chi connectivity index (χ3v) is 8.50. The third kappa shape index (κ3) is 4.45. The molecule has 0 saturated heterocycles. The third-order valence-electron chi connectivity index (χ3n) is 8.50. The predicted octanol–water partition coefficient (Wildman–Crippen LogP) is 9.94. The molecule has 0 amide bonds. The van der Waals surface area contributed by atoms with Crippen LogP contribution in [0.3, 0.4) is 0 Å². The Hall–Kier alpha value is -6.33. The van der Waals surface area contributed by atoms with E-state index in [4.69, 9.17) is 19.9 Å². The van der Waals surface area contributed by atoms with Crippen LogP contribution in [0, 0.1) is 0 Å². The average Bonchev–Trinajstić information content (AvgIpc) is 3.14. The van der Waals surface area contributed by atoms with Crippen molar-refractivity contribution in [3.8, 4) is 45.2 Å². The van der Waals surface area contributed by atoms with Crippen LogP contribution in [0.1, 0.15) is 0 Å². The molecule has 5 aromatic heterocycles. The van der Waals surface area contributed by atoms with E-state index in [2.05, 4.69) is 89.9 Å². The van der Waals surface area contributed by atoms with Crippen LogP contribution in [0.5, 0.6) is 0 Å². The second-order valence-electron chi connectivity index (χ2n) is 11.3. The molecule has 0 unspecified atom stereocenters. The molecule has 46 heavy (non-hydrogen) atoms. The van der Waals surface area contributed by atoms with Gasteiger partial charge in [0.15, 0.2) is 0 Å². The van der Waals surface area contributed by atoms with Crippen molar-refractivity contribution >= 4 is 43.6 Å². The number of pyridine rings is 5. The van der Waals surface area contributed by atoms with Gasteiger partial charge in [0, 0.05) is 38.9 Å². The normalized spacial score (nSPS) is 11.5. The Morgan fingerprint density at radius 2 is 1.07 bits per heavy atom. The summed E-state index contributed by atoms with van der Waals surface area (Å²) >= 11 is 0. The summed E-state index contributed by atoms with van der Waals surface area (Å²) in [5, 5.41) is 4.32. The van der Waals surface area contributed by atoms with Crippen LogP contribution in [0.25, 0.3) is 88.8 Å². The minimum Gasteiger partial charge on any atom is -0.255 e. The Labute approximate surface area is 264 Å². The lowest BCUT2D eigenvalue weighted by Gasteiger charge is -2.13. The standard InChI is InChI=1S/C41H25N5/c1-2-9-27(10-3-1)39-30-11-4-5-12-33(30)45-41-31(39)21-18-28-20-23-37(46-40(28)41)35-15-8-14-32(43-35)29-17-16-26-19-22-36(44-38(26)25-29)34-13-6-7-24-42-34/h1-25H. The Morgan fingerprint density at radius 1 is 0.348 bits per heavy atom. The number of nitrogens with zero attached hydrogens (tertiary/aromatic N) is 5. The van der Waals surface area contributed by atoms with Crippen molar-refractivity contribution in [1.29, 1.82) is 0 Å². The smallest absolute Gasteiger partial charge is 0.0978 e.